The molecule has 5 nitrogen and oxygen atoms in total. The highest BCUT2D eigenvalue weighted by Gasteiger charge is 2.29. The SMILES string of the molecule is CCCC(C(=O)O)c1c(C)n(C(=O)c2ccc(Br)cc2)c2cc(F)c(OC)cc12. The Morgan fingerprint density at radius 3 is 2.45 bits per heavy atom. The van der Waals surface area contributed by atoms with Gasteiger partial charge in [-0.15, -0.1) is 0 Å². The molecule has 1 atom stereocenters. The van der Waals surface area contributed by atoms with Gasteiger partial charge in [0.25, 0.3) is 5.91 Å². The number of carboxylic acids is 1. The lowest BCUT2D eigenvalue weighted by Crippen LogP contribution is -2.16. The third kappa shape index (κ3) is 3.79. The normalized spacial score (nSPS) is 12.2. The summed E-state index contributed by atoms with van der Waals surface area (Å²) in [6.07, 6.45) is 1.06. The van der Waals surface area contributed by atoms with Crippen molar-refractivity contribution in [2.24, 2.45) is 0 Å². The van der Waals surface area contributed by atoms with E-state index in [0.717, 1.165) is 4.47 Å². The maximum Gasteiger partial charge on any atom is 0.311 e. The first-order valence-corrected chi connectivity index (χ1v) is 10.0. The Labute approximate surface area is 176 Å². The summed E-state index contributed by atoms with van der Waals surface area (Å²) in [6.45, 7) is 3.60. The lowest BCUT2D eigenvalue weighted by atomic mass is 9.92. The average Bonchev–Trinajstić information content (AvgIpc) is 2.95. The van der Waals surface area contributed by atoms with E-state index < -0.39 is 17.7 Å². The molecule has 152 valence electrons. The van der Waals surface area contributed by atoms with Crippen LogP contribution in [0, 0.1) is 12.7 Å². The zero-order chi connectivity index (χ0) is 21.3. The van der Waals surface area contributed by atoms with Crippen LogP contribution < -0.4 is 4.74 Å². The second-order valence-electron chi connectivity index (χ2n) is 6.83. The van der Waals surface area contributed by atoms with Crippen LogP contribution in [0.25, 0.3) is 10.9 Å². The minimum Gasteiger partial charge on any atom is -0.494 e. The van der Waals surface area contributed by atoms with Gasteiger partial charge in [-0.1, -0.05) is 29.3 Å². The van der Waals surface area contributed by atoms with Gasteiger partial charge in [-0.25, -0.2) is 4.39 Å². The Hall–Kier alpha value is -2.67. The van der Waals surface area contributed by atoms with E-state index >= 15 is 0 Å². The van der Waals surface area contributed by atoms with Crippen molar-refractivity contribution in [3.05, 3.63) is 63.5 Å². The topological polar surface area (TPSA) is 68.5 Å². The number of carbonyl (C=O) groups is 2. The summed E-state index contributed by atoms with van der Waals surface area (Å²) in [7, 11) is 1.35. The summed E-state index contributed by atoms with van der Waals surface area (Å²) >= 11 is 3.34. The Morgan fingerprint density at radius 1 is 1.24 bits per heavy atom. The van der Waals surface area contributed by atoms with E-state index in [2.05, 4.69) is 15.9 Å². The van der Waals surface area contributed by atoms with Gasteiger partial charge < -0.3 is 9.84 Å². The molecule has 0 aliphatic rings. The van der Waals surface area contributed by atoms with Crippen LogP contribution in [0.15, 0.2) is 40.9 Å². The summed E-state index contributed by atoms with van der Waals surface area (Å²) in [4.78, 5) is 25.3. The van der Waals surface area contributed by atoms with E-state index in [-0.39, 0.29) is 11.7 Å². The first kappa shape index (κ1) is 21.0. The minimum absolute atomic E-state index is 0.00706. The number of ether oxygens (including phenoxy) is 1. The van der Waals surface area contributed by atoms with Gasteiger partial charge in [0.15, 0.2) is 11.6 Å². The number of nitrogens with zero attached hydrogens (tertiary/aromatic N) is 1. The molecule has 0 bridgehead atoms. The molecule has 0 saturated carbocycles. The summed E-state index contributed by atoms with van der Waals surface area (Å²) in [5, 5.41) is 10.3. The molecule has 7 heteroatoms. The van der Waals surface area contributed by atoms with Crippen molar-refractivity contribution < 1.29 is 23.8 Å². The number of aliphatic carboxylic acids is 1. The second kappa shape index (κ2) is 8.37. The van der Waals surface area contributed by atoms with Crippen molar-refractivity contribution in [1.82, 2.24) is 4.57 Å². The van der Waals surface area contributed by atoms with Crippen molar-refractivity contribution >= 4 is 38.7 Å². The molecular formula is C22H21BrFNO4. The van der Waals surface area contributed by atoms with Crippen LogP contribution in [-0.2, 0) is 4.79 Å². The standard InChI is InChI=1S/C22H21BrFNO4/c1-4-5-15(22(27)28)20-12(2)25(21(26)13-6-8-14(23)9-7-13)18-11-17(24)19(29-3)10-16(18)20/h6-11,15H,4-5H2,1-3H3,(H,27,28). The first-order chi connectivity index (χ1) is 13.8. The summed E-state index contributed by atoms with van der Waals surface area (Å²) in [5.74, 6) is -2.75. The van der Waals surface area contributed by atoms with Gasteiger partial charge in [-0.2, -0.15) is 0 Å². The number of hydrogen-bond acceptors (Lipinski definition) is 3. The molecule has 29 heavy (non-hydrogen) atoms. The van der Waals surface area contributed by atoms with Gasteiger partial charge in [-0.3, -0.25) is 14.2 Å². The molecule has 1 aromatic heterocycles. The van der Waals surface area contributed by atoms with Crippen molar-refractivity contribution in [1.29, 1.82) is 0 Å². The fraction of sp³-hybridized carbons (Fsp3) is 0.273. The van der Waals surface area contributed by atoms with Gasteiger partial charge in [0.2, 0.25) is 0 Å². The number of halogens is 2. The van der Waals surface area contributed by atoms with Crippen molar-refractivity contribution in [2.75, 3.05) is 7.11 Å². The van der Waals surface area contributed by atoms with Crippen LogP contribution in [0.3, 0.4) is 0 Å². The molecule has 2 aromatic carbocycles. The zero-order valence-electron chi connectivity index (χ0n) is 16.3. The molecule has 0 amide bonds. The molecule has 0 aliphatic heterocycles. The van der Waals surface area contributed by atoms with E-state index in [1.165, 1.54) is 23.8 Å². The van der Waals surface area contributed by atoms with Crippen LogP contribution in [0.2, 0.25) is 0 Å². The van der Waals surface area contributed by atoms with Crippen molar-refractivity contribution in [2.45, 2.75) is 32.6 Å². The van der Waals surface area contributed by atoms with Crippen LogP contribution in [-0.4, -0.2) is 28.7 Å². The van der Waals surface area contributed by atoms with Crippen LogP contribution in [0.1, 0.15) is 47.3 Å². The Bertz CT molecular complexity index is 1090. The molecule has 3 aromatic rings. The largest absolute Gasteiger partial charge is 0.494 e. The molecule has 0 fully saturated rings. The zero-order valence-corrected chi connectivity index (χ0v) is 17.9. The highest BCUT2D eigenvalue weighted by atomic mass is 79.9. The monoisotopic (exact) mass is 461 g/mol. The van der Waals surface area contributed by atoms with Crippen LogP contribution in [0.5, 0.6) is 5.75 Å². The maximum absolute atomic E-state index is 14.5. The summed E-state index contributed by atoms with van der Waals surface area (Å²) in [5.41, 5.74) is 1.74. The number of rotatable bonds is 6. The molecule has 3 rings (SSSR count). The Balaban J connectivity index is 2.33. The minimum atomic E-state index is -0.978. The number of hydrogen-bond donors (Lipinski definition) is 1. The molecule has 0 spiro atoms. The number of fused-ring (bicyclic) bond motifs is 1. The predicted molar refractivity (Wildman–Crippen MR) is 112 cm³/mol. The van der Waals surface area contributed by atoms with E-state index in [0.29, 0.717) is 40.6 Å². The molecular weight excluding hydrogens is 441 g/mol. The van der Waals surface area contributed by atoms with Crippen molar-refractivity contribution in [3.8, 4) is 5.75 Å². The lowest BCUT2D eigenvalue weighted by Gasteiger charge is -2.13. The smallest absolute Gasteiger partial charge is 0.311 e. The maximum atomic E-state index is 14.5. The van der Waals surface area contributed by atoms with Gasteiger partial charge in [0, 0.05) is 27.2 Å². The molecule has 0 saturated heterocycles. The van der Waals surface area contributed by atoms with Gasteiger partial charge >= 0.3 is 5.97 Å². The van der Waals surface area contributed by atoms with E-state index in [4.69, 9.17) is 4.74 Å². The third-order valence-corrected chi connectivity index (χ3v) is 5.57. The molecule has 1 heterocycles. The van der Waals surface area contributed by atoms with E-state index in [9.17, 15) is 19.1 Å². The van der Waals surface area contributed by atoms with Gasteiger partial charge in [0.05, 0.1) is 18.5 Å². The molecule has 0 aliphatic carbocycles. The highest BCUT2D eigenvalue weighted by Crippen LogP contribution is 2.38. The summed E-state index contributed by atoms with van der Waals surface area (Å²) in [6, 6.07) is 9.53. The number of carboxylic acid groups (broad SMARTS) is 1. The number of aromatic nitrogens is 1. The quantitative estimate of drug-likeness (QED) is 0.524. The average molecular weight is 462 g/mol. The van der Waals surface area contributed by atoms with Gasteiger partial charge in [-0.05, 0) is 49.2 Å². The van der Waals surface area contributed by atoms with Crippen LogP contribution >= 0.6 is 15.9 Å². The predicted octanol–water partition coefficient (Wildman–Crippen LogP) is 5.52. The fourth-order valence-electron chi connectivity index (χ4n) is 3.70. The number of methoxy groups -OCH3 is 1. The molecule has 1 N–H and O–H groups in total. The molecule has 0 radical (unpaired) electrons. The summed E-state index contributed by atoms with van der Waals surface area (Å²) < 4.78 is 21.8. The van der Waals surface area contributed by atoms with E-state index in [1.807, 2.05) is 6.92 Å². The lowest BCUT2D eigenvalue weighted by molar-refractivity contribution is -0.139. The van der Waals surface area contributed by atoms with Crippen molar-refractivity contribution in [3.63, 3.8) is 0 Å². The Morgan fingerprint density at radius 2 is 1.90 bits per heavy atom. The number of benzene rings is 2. The van der Waals surface area contributed by atoms with Crippen LogP contribution in [0.4, 0.5) is 4.39 Å². The van der Waals surface area contributed by atoms with Gasteiger partial charge in [0.1, 0.15) is 0 Å². The molecule has 1 unspecified atom stereocenters. The van der Waals surface area contributed by atoms with E-state index in [1.54, 1.807) is 31.2 Å². The fourth-order valence-corrected chi connectivity index (χ4v) is 3.96. The third-order valence-electron chi connectivity index (χ3n) is 5.04. The number of carbonyl (C=O) groups excluding carboxylic acids is 1. The Kier molecular flexibility index (Phi) is 6.07. The second-order valence-corrected chi connectivity index (χ2v) is 7.75. The highest BCUT2D eigenvalue weighted by molar-refractivity contribution is 9.10. The first-order valence-electron chi connectivity index (χ1n) is 9.21.